The predicted molar refractivity (Wildman–Crippen MR) is 45.7 cm³/mol. The number of halogens is 3. The molecule has 0 aromatic rings. The van der Waals surface area contributed by atoms with E-state index < -0.39 is 33.3 Å². The zero-order valence-electron chi connectivity index (χ0n) is 7.85. The molecule has 0 radical (unpaired) electrons. The van der Waals surface area contributed by atoms with Crippen molar-refractivity contribution in [2.75, 3.05) is 11.5 Å². The standard InChI is InChI=1S/C7H12F3NO2S/c1-6(2)4-14(12,13)3-5(11-6)7(8,9)10/h5,11H,3-4H2,1-2H3. The Morgan fingerprint density at radius 3 is 2.21 bits per heavy atom. The Morgan fingerprint density at radius 1 is 1.36 bits per heavy atom. The van der Waals surface area contributed by atoms with Gasteiger partial charge in [0.15, 0.2) is 9.84 Å². The molecule has 1 aliphatic heterocycles. The molecule has 7 heteroatoms. The van der Waals surface area contributed by atoms with E-state index in [0.29, 0.717) is 0 Å². The SMILES string of the molecule is CC1(C)CS(=O)(=O)CC(C(F)(F)F)N1. The fraction of sp³-hybridized carbons (Fsp3) is 1.00. The van der Waals surface area contributed by atoms with Gasteiger partial charge in [0.1, 0.15) is 6.04 Å². The van der Waals surface area contributed by atoms with E-state index in [1.54, 1.807) is 0 Å². The van der Waals surface area contributed by atoms with Crippen molar-refractivity contribution in [3.8, 4) is 0 Å². The molecule has 1 fully saturated rings. The predicted octanol–water partition coefficient (Wildman–Crippen LogP) is 0.714. The Balaban J connectivity index is 2.94. The number of sulfone groups is 1. The lowest BCUT2D eigenvalue weighted by atomic mass is 10.1. The molecule has 0 amide bonds. The number of alkyl halides is 3. The van der Waals surface area contributed by atoms with Crippen LogP contribution in [0.2, 0.25) is 0 Å². The van der Waals surface area contributed by atoms with Crippen LogP contribution in [0.3, 0.4) is 0 Å². The maximum Gasteiger partial charge on any atom is 0.404 e. The highest BCUT2D eigenvalue weighted by Gasteiger charge is 2.48. The average molecular weight is 231 g/mol. The van der Waals surface area contributed by atoms with Gasteiger partial charge >= 0.3 is 6.18 Å². The van der Waals surface area contributed by atoms with Crippen molar-refractivity contribution in [2.24, 2.45) is 0 Å². The second-order valence-corrected chi connectivity index (χ2v) is 6.29. The normalized spacial score (nSPS) is 31.4. The lowest BCUT2D eigenvalue weighted by molar-refractivity contribution is -0.155. The molecule has 1 unspecified atom stereocenters. The number of hydrogen-bond acceptors (Lipinski definition) is 3. The summed E-state index contributed by atoms with van der Waals surface area (Å²) >= 11 is 0. The van der Waals surface area contributed by atoms with Gasteiger partial charge in [-0.15, -0.1) is 0 Å². The summed E-state index contributed by atoms with van der Waals surface area (Å²) in [7, 11) is -3.61. The molecule has 0 aromatic heterocycles. The van der Waals surface area contributed by atoms with E-state index in [1.807, 2.05) is 0 Å². The summed E-state index contributed by atoms with van der Waals surface area (Å²) in [6.45, 7) is 2.89. The monoisotopic (exact) mass is 231 g/mol. The number of nitrogens with one attached hydrogen (secondary N) is 1. The fourth-order valence-corrected chi connectivity index (χ4v) is 3.67. The molecule has 14 heavy (non-hydrogen) atoms. The first-order chi connectivity index (χ1) is 6.02. The minimum absolute atomic E-state index is 0.257. The number of rotatable bonds is 0. The Bertz CT molecular complexity index is 320. The van der Waals surface area contributed by atoms with E-state index in [-0.39, 0.29) is 5.75 Å². The minimum Gasteiger partial charge on any atom is -0.299 e. The molecule has 1 saturated heterocycles. The Kier molecular flexibility index (Phi) is 2.60. The summed E-state index contributed by atoms with van der Waals surface area (Å²) in [5, 5.41) is 2.28. The molecule has 0 bridgehead atoms. The third-order valence-corrected chi connectivity index (χ3v) is 3.96. The molecular formula is C7H12F3NO2S. The van der Waals surface area contributed by atoms with Gasteiger partial charge in [0.25, 0.3) is 0 Å². The maximum atomic E-state index is 12.3. The first-order valence-corrected chi connectivity index (χ1v) is 5.89. The van der Waals surface area contributed by atoms with Crippen LogP contribution in [0.5, 0.6) is 0 Å². The van der Waals surface area contributed by atoms with Crippen LogP contribution >= 0.6 is 0 Å². The van der Waals surface area contributed by atoms with E-state index in [0.717, 1.165) is 0 Å². The van der Waals surface area contributed by atoms with Crippen molar-refractivity contribution in [2.45, 2.75) is 31.6 Å². The summed E-state index contributed by atoms with van der Waals surface area (Å²) < 4.78 is 59.3. The van der Waals surface area contributed by atoms with E-state index in [4.69, 9.17) is 0 Å². The summed E-state index contributed by atoms with van der Waals surface area (Å²) in [6.07, 6.45) is -4.51. The van der Waals surface area contributed by atoms with Gasteiger partial charge in [0, 0.05) is 5.54 Å². The quantitative estimate of drug-likeness (QED) is 0.668. The molecule has 1 aliphatic rings. The van der Waals surface area contributed by atoms with Gasteiger partial charge in [-0.3, -0.25) is 5.32 Å². The third-order valence-electron chi connectivity index (χ3n) is 1.96. The molecule has 3 nitrogen and oxygen atoms in total. The van der Waals surface area contributed by atoms with E-state index in [2.05, 4.69) is 5.32 Å². The smallest absolute Gasteiger partial charge is 0.299 e. The highest BCUT2D eigenvalue weighted by molar-refractivity contribution is 7.91. The first kappa shape index (κ1) is 11.8. The van der Waals surface area contributed by atoms with Crippen molar-refractivity contribution in [1.29, 1.82) is 0 Å². The number of hydrogen-bond donors (Lipinski definition) is 1. The summed E-state index contributed by atoms with van der Waals surface area (Å²) in [4.78, 5) is 0. The van der Waals surface area contributed by atoms with Crippen LogP contribution in [-0.4, -0.2) is 37.7 Å². The van der Waals surface area contributed by atoms with Crippen LogP contribution in [0.1, 0.15) is 13.8 Å². The van der Waals surface area contributed by atoms with Gasteiger partial charge < -0.3 is 0 Å². The van der Waals surface area contributed by atoms with Crippen molar-refractivity contribution in [1.82, 2.24) is 5.32 Å². The van der Waals surface area contributed by atoms with E-state index in [1.165, 1.54) is 13.8 Å². The molecule has 1 rings (SSSR count). The molecule has 1 N–H and O–H groups in total. The lowest BCUT2D eigenvalue weighted by Gasteiger charge is -2.37. The average Bonchev–Trinajstić information content (AvgIpc) is 1.76. The zero-order chi connectivity index (χ0) is 11.2. The topological polar surface area (TPSA) is 46.2 Å². The van der Waals surface area contributed by atoms with Crippen molar-refractivity contribution < 1.29 is 21.6 Å². The van der Waals surface area contributed by atoms with Crippen molar-refractivity contribution in [3.05, 3.63) is 0 Å². The lowest BCUT2D eigenvalue weighted by Crippen LogP contribution is -2.62. The Morgan fingerprint density at radius 2 is 1.86 bits per heavy atom. The van der Waals surface area contributed by atoms with Crippen LogP contribution < -0.4 is 5.32 Å². The molecule has 0 aromatic carbocycles. The van der Waals surface area contributed by atoms with Crippen LogP contribution in [0, 0.1) is 0 Å². The minimum atomic E-state index is -4.51. The van der Waals surface area contributed by atoms with Crippen molar-refractivity contribution >= 4 is 9.84 Å². The van der Waals surface area contributed by atoms with E-state index >= 15 is 0 Å². The molecule has 0 saturated carbocycles. The molecule has 0 aliphatic carbocycles. The highest BCUT2D eigenvalue weighted by Crippen LogP contribution is 2.27. The second-order valence-electron chi connectivity index (χ2n) is 4.18. The van der Waals surface area contributed by atoms with Crippen LogP contribution in [0.25, 0.3) is 0 Å². The summed E-state index contributed by atoms with van der Waals surface area (Å²) in [6, 6.07) is -1.95. The summed E-state index contributed by atoms with van der Waals surface area (Å²) in [5.74, 6) is -1.12. The third kappa shape index (κ3) is 2.84. The van der Waals surface area contributed by atoms with Gasteiger partial charge in [-0.05, 0) is 13.8 Å². The largest absolute Gasteiger partial charge is 0.404 e. The van der Waals surface area contributed by atoms with Crippen LogP contribution in [-0.2, 0) is 9.84 Å². The van der Waals surface area contributed by atoms with Gasteiger partial charge in [-0.25, -0.2) is 8.42 Å². The zero-order valence-corrected chi connectivity index (χ0v) is 8.67. The van der Waals surface area contributed by atoms with Gasteiger partial charge in [-0.1, -0.05) is 0 Å². The van der Waals surface area contributed by atoms with Crippen LogP contribution in [0.15, 0.2) is 0 Å². The van der Waals surface area contributed by atoms with Crippen LogP contribution in [0.4, 0.5) is 13.2 Å². The first-order valence-electron chi connectivity index (χ1n) is 4.07. The van der Waals surface area contributed by atoms with Crippen molar-refractivity contribution in [3.63, 3.8) is 0 Å². The highest BCUT2D eigenvalue weighted by atomic mass is 32.2. The molecule has 0 spiro atoms. The second kappa shape index (κ2) is 3.10. The van der Waals surface area contributed by atoms with Gasteiger partial charge in [0.05, 0.1) is 11.5 Å². The van der Waals surface area contributed by atoms with Gasteiger partial charge in [0.2, 0.25) is 0 Å². The molecule has 1 atom stereocenters. The molecule has 1 heterocycles. The molecular weight excluding hydrogens is 219 g/mol. The van der Waals surface area contributed by atoms with Gasteiger partial charge in [-0.2, -0.15) is 13.2 Å². The Hall–Kier alpha value is -0.300. The van der Waals surface area contributed by atoms with E-state index in [9.17, 15) is 21.6 Å². The summed E-state index contributed by atoms with van der Waals surface area (Å²) in [5.41, 5.74) is -1.02. The molecule has 84 valence electrons. The maximum absolute atomic E-state index is 12.3. The fourth-order valence-electron chi connectivity index (χ4n) is 1.59. The Labute approximate surface area is 80.6 Å².